The van der Waals surface area contributed by atoms with Gasteiger partial charge in [-0.05, 0) is 30.2 Å². The monoisotopic (exact) mass is 596 g/mol. The van der Waals surface area contributed by atoms with Crippen molar-refractivity contribution in [3.8, 4) is 33.7 Å². The Balaban J connectivity index is 1.68. The number of pyridine rings is 2. The first kappa shape index (κ1) is 28.8. The second-order valence-electron chi connectivity index (χ2n) is 12.3. The highest BCUT2D eigenvalue weighted by molar-refractivity contribution is 6.76. The van der Waals surface area contributed by atoms with Gasteiger partial charge in [0.15, 0.2) is 5.76 Å². The van der Waals surface area contributed by atoms with Gasteiger partial charge in [0.2, 0.25) is 0 Å². The molecule has 0 saturated heterocycles. The van der Waals surface area contributed by atoms with E-state index in [2.05, 4.69) is 40.5 Å². The van der Waals surface area contributed by atoms with Gasteiger partial charge in [-0.3, -0.25) is 9.48 Å². The molecule has 0 bridgehead atoms. The number of aliphatic hydroxyl groups is 1. The third-order valence-electron chi connectivity index (χ3n) is 7.80. The van der Waals surface area contributed by atoms with Gasteiger partial charge < -0.3 is 23.5 Å². The van der Waals surface area contributed by atoms with Gasteiger partial charge >= 0.3 is 0 Å². The highest BCUT2D eigenvalue weighted by Gasteiger charge is 2.25. The Morgan fingerprint density at radius 1 is 1.02 bits per heavy atom. The van der Waals surface area contributed by atoms with Crippen LogP contribution in [0.3, 0.4) is 0 Å². The molecule has 5 heterocycles. The Kier molecular flexibility index (Phi) is 7.41. The topological polar surface area (TPSA) is 113 Å². The maximum atomic E-state index is 14.0. The van der Waals surface area contributed by atoms with Crippen LogP contribution >= 0.6 is 0 Å². The summed E-state index contributed by atoms with van der Waals surface area (Å²) in [4.78, 5) is 18.9. The van der Waals surface area contributed by atoms with Gasteiger partial charge in [0.05, 0.1) is 41.5 Å². The molecule has 0 aliphatic heterocycles. The van der Waals surface area contributed by atoms with Crippen LogP contribution in [0.4, 0.5) is 0 Å². The zero-order chi connectivity index (χ0) is 30.5. The maximum Gasteiger partial charge on any atom is 0.262 e. The molecule has 0 fully saturated rings. The fraction of sp³-hybridized carbons (Fsp3) is 0.312. The molecule has 10 nitrogen and oxygen atoms in total. The molecule has 5 aromatic heterocycles. The molecule has 43 heavy (non-hydrogen) atoms. The predicted octanol–water partition coefficient (Wildman–Crippen LogP) is 5.72. The average Bonchev–Trinajstić information content (AvgIpc) is 3.70. The normalized spacial score (nSPS) is 12.2. The number of hydrogen-bond acceptors (Lipinski definition) is 7. The minimum Gasteiger partial charge on any atom is -0.392 e. The number of benzene rings is 1. The van der Waals surface area contributed by atoms with Crippen molar-refractivity contribution in [2.24, 2.45) is 14.1 Å². The quantitative estimate of drug-likeness (QED) is 0.168. The highest BCUT2D eigenvalue weighted by atomic mass is 28.3. The summed E-state index contributed by atoms with van der Waals surface area (Å²) >= 11 is 0. The van der Waals surface area contributed by atoms with E-state index in [1.165, 1.54) is 0 Å². The summed E-state index contributed by atoms with van der Waals surface area (Å²) in [6.07, 6.45) is 5.57. The van der Waals surface area contributed by atoms with Crippen LogP contribution in [-0.2, 0) is 32.2 Å². The lowest BCUT2D eigenvalue weighted by molar-refractivity contribution is 0.0909. The van der Waals surface area contributed by atoms with Gasteiger partial charge in [0, 0.05) is 62.9 Å². The Bertz CT molecular complexity index is 2010. The Hall–Kier alpha value is -4.32. The van der Waals surface area contributed by atoms with Gasteiger partial charge in [0.25, 0.3) is 5.56 Å². The molecule has 222 valence electrons. The first-order chi connectivity index (χ1) is 20.6. The van der Waals surface area contributed by atoms with Crippen LogP contribution < -0.4 is 5.56 Å². The fourth-order valence-electron chi connectivity index (χ4n) is 5.45. The first-order valence-corrected chi connectivity index (χ1v) is 18.0. The van der Waals surface area contributed by atoms with Crippen LogP contribution in [0.15, 0.2) is 64.3 Å². The van der Waals surface area contributed by atoms with Crippen molar-refractivity contribution in [3.05, 3.63) is 76.6 Å². The molecule has 0 saturated carbocycles. The second-order valence-corrected chi connectivity index (χ2v) is 17.9. The number of ether oxygens (including phenoxy) is 1. The molecule has 0 radical (unpaired) electrons. The Morgan fingerprint density at radius 2 is 1.79 bits per heavy atom. The van der Waals surface area contributed by atoms with Gasteiger partial charge in [-0.1, -0.05) is 49.1 Å². The van der Waals surface area contributed by atoms with Crippen molar-refractivity contribution in [2.45, 2.75) is 45.9 Å². The van der Waals surface area contributed by atoms with E-state index in [1.54, 1.807) is 28.6 Å². The average molecular weight is 597 g/mol. The van der Waals surface area contributed by atoms with E-state index in [1.807, 2.05) is 50.6 Å². The van der Waals surface area contributed by atoms with Crippen molar-refractivity contribution < 1.29 is 14.4 Å². The van der Waals surface area contributed by atoms with Crippen LogP contribution in [0.2, 0.25) is 25.7 Å². The van der Waals surface area contributed by atoms with Crippen molar-refractivity contribution in [1.29, 1.82) is 0 Å². The van der Waals surface area contributed by atoms with Crippen LogP contribution in [-0.4, -0.2) is 48.8 Å². The SMILES string of the molecule is Cc1cc(-c2c(-c3ccc(CO)cc3)c3c4cc(-c5cnn(C)c5)n(COCC[Si](C)(C)C)c4ncc3n(C)c2=O)on1. The van der Waals surface area contributed by atoms with Crippen molar-refractivity contribution in [2.75, 3.05) is 6.61 Å². The smallest absolute Gasteiger partial charge is 0.262 e. The zero-order valence-electron chi connectivity index (χ0n) is 25.4. The summed E-state index contributed by atoms with van der Waals surface area (Å²) in [5, 5.41) is 19.9. The van der Waals surface area contributed by atoms with Crippen LogP contribution in [0.5, 0.6) is 0 Å². The molecule has 11 heteroatoms. The lowest BCUT2D eigenvalue weighted by Crippen LogP contribution is -2.22. The Labute approximate surface area is 250 Å². The van der Waals surface area contributed by atoms with Crippen LogP contribution in [0.25, 0.3) is 55.6 Å². The summed E-state index contributed by atoms with van der Waals surface area (Å²) in [7, 11) is 2.38. The molecule has 1 aromatic carbocycles. The fourth-order valence-corrected chi connectivity index (χ4v) is 6.20. The highest BCUT2D eigenvalue weighted by Crippen LogP contribution is 2.41. The van der Waals surface area contributed by atoms with Crippen molar-refractivity contribution >= 4 is 30.0 Å². The van der Waals surface area contributed by atoms with Gasteiger partial charge in [0.1, 0.15) is 12.4 Å². The van der Waals surface area contributed by atoms with E-state index in [4.69, 9.17) is 14.2 Å². The molecule has 6 aromatic rings. The van der Waals surface area contributed by atoms with E-state index < -0.39 is 8.07 Å². The molecule has 0 amide bonds. The van der Waals surface area contributed by atoms with E-state index in [0.29, 0.717) is 35.9 Å². The lowest BCUT2D eigenvalue weighted by atomic mass is 9.93. The third kappa shape index (κ3) is 5.35. The summed E-state index contributed by atoms with van der Waals surface area (Å²) in [5.74, 6) is 0.396. The number of fused-ring (bicyclic) bond motifs is 3. The van der Waals surface area contributed by atoms with Crippen LogP contribution in [0, 0.1) is 6.92 Å². The first-order valence-electron chi connectivity index (χ1n) is 14.3. The van der Waals surface area contributed by atoms with E-state index in [0.717, 1.165) is 50.4 Å². The molecule has 0 unspecified atom stereocenters. The largest absolute Gasteiger partial charge is 0.392 e. The van der Waals surface area contributed by atoms with Crippen molar-refractivity contribution in [1.82, 2.24) is 29.1 Å². The summed E-state index contributed by atoms with van der Waals surface area (Å²) in [6.45, 7) is 9.76. The summed E-state index contributed by atoms with van der Waals surface area (Å²) < 4.78 is 17.4. The number of aryl methyl sites for hydroxylation is 3. The minimum atomic E-state index is -1.27. The zero-order valence-corrected chi connectivity index (χ0v) is 26.4. The molecule has 1 N–H and O–H groups in total. The second kappa shape index (κ2) is 11.1. The van der Waals surface area contributed by atoms with E-state index >= 15 is 0 Å². The maximum absolute atomic E-state index is 14.0. The predicted molar refractivity (Wildman–Crippen MR) is 170 cm³/mol. The molecule has 0 atom stereocenters. The molecular formula is C32H36N6O4Si. The van der Waals surface area contributed by atoms with E-state index in [9.17, 15) is 9.90 Å². The number of aromatic nitrogens is 6. The molecule has 6 rings (SSSR count). The lowest BCUT2D eigenvalue weighted by Gasteiger charge is -2.17. The molecule has 0 aliphatic carbocycles. The Morgan fingerprint density at radius 3 is 2.42 bits per heavy atom. The van der Waals surface area contributed by atoms with Gasteiger partial charge in [-0.25, -0.2) is 4.98 Å². The van der Waals surface area contributed by atoms with Crippen molar-refractivity contribution in [3.63, 3.8) is 0 Å². The number of nitrogens with zero attached hydrogens (tertiary/aromatic N) is 6. The standard InChI is InChI=1S/C32H36N6O4Si/c1-20-13-27(42-35-20)30-28(22-9-7-21(18-39)8-10-22)29-24-14-25(23-15-34-36(2)17-23)38(19-41-11-12-43(4,5)6)31(24)33-16-26(29)37(3)32(30)40/h7-10,13-17,39H,11-12,18-19H2,1-6H3. The molecular weight excluding hydrogens is 560 g/mol. The summed E-state index contributed by atoms with van der Waals surface area (Å²) in [5.41, 5.74) is 6.49. The molecule has 0 spiro atoms. The molecule has 0 aliphatic rings. The van der Waals surface area contributed by atoms with E-state index in [-0.39, 0.29) is 12.2 Å². The minimum absolute atomic E-state index is 0.0745. The van der Waals surface area contributed by atoms with Gasteiger partial charge in [-0.15, -0.1) is 0 Å². The number of hydrogen-bond donors (Lipinski definition) is 1. The summed E-state index contributed by atoms with van der Waals surface area (Å²) in [6, 6.07) is 12.5. The number of rotatable bonds is 9. The van der Waals surface area contributed by atoms with Gasteiger partial charge in [-0.2, -0.15) is 5.10 Å². The van der Waals surface area contributed by atoms with Crippen LogP contribution in [0.1, 0.15) is 11.3 Å². The third-order valence-corrected chi connectivity index (χ3v) is 9.50. The number of aliphatic hydroxyl groups excluding tert-OH is 1.